The number of aryl methyl sites for hydroxylation is 3. The van der Waals surface area contributed by atoms with Gasteiger partial charge < -0.3 is 4.84 Å². The second-order valence-electron chi connectivity index (χ2n) is 4.03. The lowest BCUT2D eigenvalue weighted by Crippen LogP contribution is -2.10. The minimum absolute atomic E-state index is 0.360. The van der Waals surface area contributed by atoms with Gasteiger partial charge in [0.2, 0.25) is 0 Å². The minimum atomic E-state index is 0.360. The molecule has 0 saturated carbocycles. The molecule has 0 radical (unpaired) electrons. The van der Waals surface area contributed by atoms with E-state index in [9.17, 15) is 0 Å². The van der Waals surface area contributed by atoms with Gasteiger partial charge in [0.1, 0.15) is 0 Å². The molecular formula is C12H19NO. The molecular weight excluding hydrogens is 174 g/mol. The molecule has 0 aliphatic heterocycles. The van der Waals surface area contributed by atoms with Crippen LogP contribution in [0.5, 0.6) is 0 Å². The summed E-state index contributed by atoms with van der Waals surface area (Å²) in [5, 5.41) is 0. The Hall–Kier alpha value is -0.860. The van der Waals surface area contributed by atoms with Crippen LogP contribution in [0.25, 0.3) is 0 Å². The maximum Gasteiger partial charge on any atom is 0.0745 e. The average molecular weight is 193 g/mol. The maximum atomic E-state index is 5.08. The van der Waals surface area contributed by atoms with Crippen molar-refractivity contribution in [3.8, 4) is 0 Å². The lowest BCUT2D eigenvalue weighted by molar-refractivity contribution is 0.126. The standard InChI is InChI=1S/C12H19NO/c1-8-5-10(3)12(6-9(8)2)11(4)7-14-13/h5-6,11H,7,13H2,1-4H3. The van der Waals surface area contributed by atoms with E-state index < -0.39 is 0 Å². The van der Waals surface area contributed by atoms with Crippen LogP contribution < -0.4 is 5.90 Å². The molecule has 0 bridgehead atoms. The van der Waals surface area contributed by atoms with Crippen molar-refractivity contribution in [2.45, 2.75) is 33.6 Å². The molecule has 14 heavy (non-hydrogen) atoms. The Kier molecular flexibility index (Phi) is 3.67. The van der Waals surface area contributed by atoms with Gasteiger partial charge in [-0.2, -0.15) is 0 Å². The second-order valence-corrected chi connectivity index (χ2v) is 4.03. The molecule has 0 heterocycles. The van der Waals surface area contributed by atoms with Crippen LogP contribution in [0.4, 0.5) is 0 Å². The van der Waals surface area contributed by atoms with Gasteiger partial charge in [-0.15, -0.1) is 0 Å². The first kappa shape index (κ1) is 11.2. The molecule has 1 aromatic rings. The molecule has 2 heteroatoms. The Morgan fingerprint density at radius 1 is 1.14 bits per heavy atom. The fourth-order valence-electron chi connectivity index (χ4n) is 1.75. The smallest absolute Gasteiger partial charge is 0.0745 e. The van der Waals surface area contributed by atoms with E-state index in [-0.39, 0.29) is 0 Å². The Morgan fingerprint density at radius 2 is 1.71 bits per heavy atom. The van der Waals surface area contributed by atoms with Crippen LogP contribution in [-0.2, 0) is 4.84 Å². The number of nitrogens with two attached hydrogens (primary N) is 1. The van der Waals surface area contributed by atoms with Crippen molar-refractivity contribution in [3.63, 3.8) is 0 Å². The van der Waals surface area contributed by atoms with Crippen LogP contribution in [0.15, 0.2) is 12.1 Å². The molecule has 0 aliphatic carbocycles. The molecule has 1 aromatic carbocycles. The van der Waals surface area contributed by atoms with E-state index in [0.717, 1.165) is 0 Å². The molecule has 2 N–H and O–H groups in total. The number of hydrogen-bond donors (Lipinski definition) is 1. The van der Waals surface area contributed by atoms with Crippen molar-refractivity contribution in [1.82, 2.24) is 0 Å². The topological polar surface area (TPSA) is 35.2 Å². The van der Waals surface area contributed by atoms with Crippen LogP contribution in [-0.4, -0.2) is 6.61 Å². The zero-order valence-corrected chi connectivity index (χ0v) is 9.42. The van der Waals surface area contributed by atoms with Crippen molar-refractivity contribution >= 4 is 0 Å². The minimum Gasteiger partial charge on any atom is -0.304 e. The van der Waals surface area contributed by atoms with Crippen LogP contribution >= 0.6 is 0 Å². The van der Waals surface area contributed by atoms with Gasteiger partial charge in [-0.25, -0.2) is 5.90 Å². The van der Waals surface area contributed by atoms with E-state index in [4.69, 9.17) is 5.90 Å². The van der Waals surface area contributed by atoms with Crippen molar-refractivity contribution < 1.29 is 4.84 Å². The summed E-state index contributed by atoms with van der Waals surface area (Å²) in [5.41, 5.74) is 5.32. The first-order chi connectivity index (χ1) is 6.56. The summed E-state index contributed by atoms with van der Waals surface area (Å²) >= 11 is 0. The molecule has 1 rings (SSSR count). The molecule has 1 unspecified atom stereocenters. The van der Waals surface area contributed by atoms with Gasteiger partial charge in [-0.1, -0.05) is 19.1 Å². The van der Waals surface area contributed by atoms with Gasteiger partial charge in [-0.05, 0) is 43.0 Å². The van der Waals surface area contributed by atoms with E-state index in [1.165, 1.54) is 22.3 Å². The molecule has 0 amide bonds. The highest BCUT2D eigenvalue weighted by Gasteiger charge is 2.09. The van der Waals surface area contributed by atoms with Crippen LogP contribution in [0.2, 0.25) is 0 Å². The Balaban J connectivity index is 3.02. The molecule has 78 valence electrons. The Morgan fingerprint density at radius 3 is 2.29 bits per heavy atom. The summed E-state index contributed by atoms with van der Waals surface area (Å²) in [6, 6.07) is 4.45. The fraction of sp³-hybridized carbons (Fsp3) is 0.500. The van der Waals surface area contributed by atoms with Crippen molar-refractivity contribution in [2.24, 2.45) is 5.90 Å². The third-order valence-electron chi connectivity index (χ3n) is 2.76. The highest BCUT2D eigenvalue weighted by molar-refractivity contribution is 5.38. The average Bonchev–Trinajstić information content (AvgIpc) is 2.11. The summed E-state index contributed by atoms with van der Waals surface area (Å²) in [6.45, 7) is 9.10. The summed E-state index contributed by atoms with van der Waals surface area (Å²) in [5.74, 6) is 5.45. The molecule has 0 fully saturated rings. The fourth-order valence-corrected chi connectivity index (χ4v) is 1.75. The number of benzene rings is 1. The highest BCUT2D eigenvalue weighted by atomic mass is 16.6. The molecule has 0 aliphatic rings. The summed E-state index contributed by atoms with van der Waals surface area (Å²) < 4.78 is 0. The third-order valence-corrected chi connectivity index (χ3v) is 2.76. The van der Waals surface area contributed by atoms with Crippen LogP contribution in [0.1, 0.15) is 35.1 Å². The lowest BCUT2D eigenvalue weighted by Gasteiger charge is -2.15. The second kappa shape index (κ2) is 4.58. The van der Waals surface area contributed by atoms with Crippen molar-refractivity contribution in [2.75, 3.05) is 6.61 Å². The van der Waals surface area contributed by atoms with E-state index in [2.05, 4.69) is 44.7 Å². The van der Waals surface area contributed by atoms with Gasteiger partial charge in [0.15, 0.2) is 0 Å². The monoisotopic (exact) mass is 193 g/mol. The zero-order valence-electron chi connectivity index (χ0n) is 9.42. The van der Waals surface area contributed by atoms with E-state index >= 15 is 0 Å². The SMILES string of the molecule is Cc1cc(C)c(C(C)CON)cc1C. The molecule has 0 spiro atoms. The predicted octanol–water partition coefficient (Wildman–Crippen LogP) is 2.61. The first-order valence-corrected chi connectivity index (χ1v) is 4.95. The molecule has 2 nitrogen and oxygen atoms in total. The first-order valence-electron chi connectivity index (χ1n) is 4.95. The van der Waals surface area contributed by atoms with Crippen LogP contribution in [0, 0.1) is 20.8 Å². The highest BCUT2D eigenvalue weighted by Crippen LogP contribution is 2.23. The zero-order chi connectivity index (χ0) is 10.7. The van der Waals surface area contributed by atoms with Crippen molar-refractivity contribution in [1.29, 1.82) is 0 Å². The van der Waals surface area contributed by atoms with E-state index in [0.29, 0.717) is 12.5 Å². The third kappa shape index (κ3) is 2.34. The van der Waals surface area contributed by atoms with E-state index in [1.54, 1.807) is 0 Å². The lowest BCUT2D eigenvalue weighted by atomic mass is 9.93. The summed E-state index contributed by atoms with van der Waals surface area (Å²) in [6.07, 6.45) is 0. The Bertz CT molecular complexity index is 320. The van der Waals surface area contributed by atoms with E-state index in [1.807, 2.05) is 0 Å². The molecule has 0 saturated heterocycles. The van der Waals surface area contributed by atoms with Gasteiger partial charge in [0.25, 0.3) is 0 Å². The van der Waals surface area contributed by atoms with Gasteiger partial charge >= 0.3 is 0 Å². The largest absolute Gasteiger partial charge is 0.304 e. The summed E-state index contributed by atoms with van der Waals surface area (Å²) in [7, 11) is 0. The summed E-state index contributed by atoms with van der Waals surface area (Å²) in [4.78, 5) is 4.68. The Labute approximate surface area is 86.0 Å². The number of rotatable bonds is 3. The quantitative estimate of drug-likeness (QED) is 0.749. The molecule has 1 atom stereocenters. The number of hydrogen-bond acceptors (Lipinski definition) is 2. The predicted molar refractivity (Wildman–Crippen MR) is 59.2 cm³/mol. The van der Waals surface area contributed by atoms with Gasteiger partial charge in [-0.3, -0.25) is 0 Å². The van der Waals surface area contributed by atoms with Crippen molar-refractivity contribution in [3.05, 3.63) is 34.4 Å². The van der Waals surface area contributed by atoms with Gasteiger partial charge in [0.05, 0.1) is 6.61 Å². The molecule has 0 aromatic heterocycles. The van der Waals surface area contributed by atoms with Crippen LogP contribution in [0.3, 0.4) is 0 Å². The maximum absolute atomic E-state index is 5.08. The van der Waals surface area contributed by atoms with Gasteiger partial charge in [0, 0.05) is 5.92 Å². The normalized spacial score (nSPS) is 12.9.